The van der Waals surface area contributed by atoms with Gasteiger partial charge >= 0.3 is 65.1 Å². The third-order valence-corrected chi connectivity index (χ3v) is 5.43. The topological polar surface area (TPSA) is 145 Å². The van der Waals surface area contributed by atoms with Crippen molar-refractivity contribution in [2.45, 2.75) is 19.4 Å². The first kappa shape index (κ1) is 32.6. The van der Waals surface area contributed by atoms with E-state index in [0.29, 0.717) is 28.2 Å². The summed E-state index contributed by atoms with van der Waals surface area (Å²) in [7, 11) is 4.52. The number of urea groups is 1. The molecule has 2 N–H and O–H groups in total. The van der Waals surface area contributed by atoms with Crippen molar-refractivity contribution in [1.82, 2.24) is 9.88 Å². The number of aliphatic carboxylic acids is 1. The molecule has 0 unspecified atom stereocenters. The van der Waals surface area contributed by atoms with Crippen molar-refractivity contribution in [3.63, 3.8) is 0 Å². The van der Waals surface area contributed by atoms with Crippen molar-refractivity contribution in [1.29, 1.82) is 0 Å². The summed E-state index contributed by atoms with van der Waals surface area (Å²) in [5, 5.41) is 28.6. The second-order valence-electron chi connectivity index (χ2n) is 7.85. The number of aryl methyl sites for hydroxylation is 2. The van der Waals surface area contributed by atoms with E-state index in [1.807, 2.05) is 0 Å². The normalized spacial score (nSPS) is 10.8. The van der Waals surface area contributed by atoms with E-state index in [1.54, 1.807) is 42.5 Å². The Kier molecular flexibility index (Phi) is 12.7. The molecule has 3 rings (SSSR count). The minimum atomic E-state index is -1.39. The number of ether oxygens (including phenoxy) is 2. The number of nitrogens with one attached hydrogen (secondary N) is 2. The van der Waals surface area contributed by atoms with Gasteiger partial charge in [-0.05, 0) is 47.9 Å². The molecule has 2 amide bonds. The first-order chi connectivity index (χ1) is 16.6. The Morgan fingerprint density at radius 3 is 2.41 bits per heavy atom. The minimum Gasteiger partial charge on any atom is -0.871 e. The number of carbonyl (C=O) groups is 2. The number of methoxy groups -OCH3 is 2. The Morgan fingerprint density at radius 1 is 1.08 bits per heavy atom. The standard InChI is InChI=1S/C25H27N3O7.2Na/c1-14-13-28(2)24(32)22(23(14)31)27-25(33)26-19(12-21(29)30)16-7-5-6-15(10-16)18-11-17(34-3)8-9-20(18)35-4;;/h5-11,13,19,31H,12H2,1-4H3,(H,29,30)(H2,26,27,33);;/q;2*+1/p-2/t19-;;/m0../s1. The van der Waals surface area contributed by atoms with Crippen LogP contribution in [0.3, 0.4) is 0 Å². The number of hydrogen-bond donors (Lipinski definition) is 2. The predicted molar refractivity (Wildman–Crippen MR) is 125 cm³/mol. The van der Waals surface area contributed by atoms with Gasteiger partial charge in [-0.1, -0.05) is 23.9 Å². The number of carbonyl (C=O) groups excluding carboxylic acids is 2. The fourth-order valence-corrected chi connectivity index (χ4v) is 3.68. The van der Waals surface area contributed by atoms with Crippen molar-refractivity contribution in [3.8, 4) is 28.4 Å². The number of carboxylic acids is 1. The molecule has 184 valence electrons. The molecule has 0 aliphatic heterocycles. The summed E-state index contributed by atoms with van der Waals surface area (Å²) in [6, 6.07) is 10.2. The second-order valence-corrected chi connectivity index (χ2v) is 7.85. The molecule has 0 bridgehead atoms. The van der Waals surface area contributed by atoms with Gasteiger partial charge < -0.3 is 39.7 Å². The maximum absolute atomic E-state index is 12.7. The third kappa shape index (κ3) is 8.00. The van der Waals surface area contributed by atoms with E-state index in [1.165, 1.54) is 39.0 Å². The molecule has 0 saturated heterocycles. The number of rotatable bonds is 8. The Morgan fingerprint density at radius 2 is 1.78 bits per heavy atom. The SMILES string of the molecule is COc1ccc(OC)c(-c2cccc([C@H](CC(=O)[O-])NC(=O)Nc3c([O-])c(C)cn(C)c3=O)c2)c1.[Na+].[Na+]. The number of nitrogens with zero attached hydrogens (tertiary/aromatic N) is 1. The van der Waals surface area contributed by atoms with Crippen LogP contribution in [0.5, 0.6) is 17.2 Å². The van der Waals surface area contributed by atoms with Crippen LogP contribution >= 0.6 is 0 Å². The van der Waals surface area contributed by atoms with Crippen molar-refractivity contribution in [3.05, 3.63) is 70.1 Å². The fraction of sp³-hybridized carbons (Fsp3) is 0.240. The average Bonchev–Trinajstić information content (AvgIpc) is 2.84. The van der Waals surface area contributed by atoms with E-state index >= 15 is 0 Å². The summed E-state index contributed by atoms with van der Waals surface area (Å²) in [4.78, 5) is 36.4. The molecule has 0 radical (unpaired) electrons. The van der Waals surface area contributed by atoms with Gasteiger partial charge in [-0.15, -0.1) is 0 Å². The molecule has 37 heavy (non-hydrogen) atoms. The first-order valence-corrected chi connectivity index (χ1v) is 10.6. The zero-order valence-corrected chi connectivity index (χ0v) is 25.7. The second kappa shape index (κ2) is 14.5. The van der Waals surface area contributed by atoms with Crippen LogP contribution in [-0.4, -0.2) is 30.8 Å². The van der Waals surface area contributed by atoms with Crippen LogP contribution in [-0.2, 0) is 11.8 Å². The van der Waals surface area contributed by atoms with Crippen LogP contribution in [0.4, 0.5) is 10.5 Å². The van der Waals surface area contributed by atoms with Crippen LogP contribution in [0.1, 0.15) is 23.6 Å². The number of benzene rings is 2. The van der Waals surface area contributed by atoms with Crippen LogP contribution in [0.15, 0.2) is 53.5 Å². The molecule has 10 nitrogen and oxygen atoms in total. The van der Waals surface area contributed by atoms with Gasteiger partial charge in [-0.25, -0.2) is 4.79 Å². The molecule has 1 atom stereocenters. The Bertz CT molecular complexity index is 1330. The van der Waals surface area contributed by atoms with Crippen molar-refractivity contribution in [2.75, 3.05) is 19.5 Å². The maximum Gasteiger partial charge on any atom is 1.00 e. The molecule has 2 aromatic carbocycles. The Balaban J connectivity index is 0.00000342. The quantitative estimate of drug-likeness (QED) is 0.282. The van der Waals surface area contributed by atoms with E-state index in [-0.39, 0.29) is 64.7 Å². The summed E-state index contributed by atoms with van der Waals surface area (Å²) < 4.78 is 11.9. The monoisotopic (exact) mass is 525 g/mol. The van der Waals surface area contributed by atoms with Gasteiger partial charge in [-0.3, -0.25) is 4.79 Å². The Hall–Kier alpha value is -2.47. The number of amides is 2. The van der Waals surface area contributed by atoms with Gasteiger partial charge in [0, 0.05) is 31.2 Å². The smallest absolute Gasteiger partial charge is 0.871 e. The summed E-state index contributed by atoms with van der Waals surface area (Å²) >= 11 is 0. The van der Waals surface area contributed by atoms with Gasteiger partial charge in [0.25, 0.3) is 5.56 Å². The average molecular weight is 525 g/mol. The summed E-state index contributed by atoms with van der Waals surface area (Å²) in [5.74, 6) is -0.839. The third-order valence-electron chi connectivity index (χ3n) is 5.43. The number of hydrogen-bond acceptors (Lipinski definition) is 7. The number of pyridine rings is 1. The van der Waals surface area contributed by atoms with Gasteiger partial charge in [0.2, 0.25) is 0 Å². The van der Waals surface area contributed by atoms with Crippen LogP contribution in [0, 0.1) is 6.92 Å². The van der Waals surface area contributed by atoms with Crippen LogP contribution in [0.25, 0.3) is 11.1 Å². The zero-order chi connectivity index (χ0) is 25.7. The molecular formula is C25H25N3Na2O7. The molecule has 0 fully saturated rings. The summed E-state index contributed by atoms with van der Waals surface area (Å²) in [6.07, 6.45) is 0.827. The molecule has 0 aliphatic carbocycles. The van der Waals surface area contributed by atoms with Crippen molar-refractivity contribution in [2.24, 2.45) is 7.05 Å². The molecule has 1 aromatic heterocycles. The molecule has 12 heteroatoms. The summed E-state index contributed by atoms with van der Waals surface area (Å²) in [6.45, 7) is 1.52. The minimum absolute atomic E-state index is 0. The maximum atomic E-state index is 12.7. The molecule has 1 heterocycles. The zero-order valence-electron chi connectivity index (χ0n) is 21.7. The van der Waals surface area contributed by atoms with E-state index < -0.39 is 41.5 Å². The number of aromatic nitrogens is 1. The van der Waals surface area contributed by atoms with E-state index in [4.69, 9.17) is 9.47 Å². The molecule has 3 aromatic rings. The molecule has 0 saturated carbocycles. The van der Waals surface area contributed by atoms with E-state index in [9.17, 15) is 24.6 Å². The van der Waals surface area contributed by atoms with Crippen LogP contribution in [0.2, 0.25) is 0 Å². The van der Waals surface area contributed by atoms with E-state index in [0.717, 1.165) is 0 Å². The van der Waals surface area contributed by atoms with Gasteiger partial charge in [0.15, 0.2) is 0 Å². The molecule has 0 spiro atoms. The van der Waals surface area contributed by atoms with E-state index in [2.05, 4.69) is 10.6 Å². The Labute approximate surface area is 258 Å². The van der Waals surface area contributed by atoms with Crippen molar-refractivity contribution >= 4 is 17.7 Å². The van der Waals surface area contributed by atoms with Gasteiger partial charge in [-0.2, -0.15) is 0 Å². The number of anilines is 1. The van der Waals surface area contributed by atoms with Gasteiger partial charge in [0.1, 0.15) is 17.2 Å². The van der Waals surface area contributed by atoms with Gasteiger partial charge in [0.05, 0.1) is 20.3 Å². The number of carboxylic acid groups (broad SMARTS) is 1. The first-order valence-electron chi connectivity index (χ1n) is 10.6. The molecule has 0 aliphatic rings. The molecular weight excluding hydrogens is 500 g/mol. The van der Waals surface area contributed by atoms with Crippen molar-refractivity contribution < 1.29 is 88.4 Å². The predicted octanol–water partition coefficient (Wildman–Crippen LogP) is -4.54. The van der Waals surface area contributed by atoms with Crippen LogP contribution < -0.4 is 95.0 Å². The fourth-order valence-electron chi connectivity index (χ4n) is 3.68. The largest absolute Gasteiger partial charge is 1.00 e. The summed E-state index contributed by atoms with van der Waals surface area (Å²) in [5.41, 5.74) is 1.02.